The lowest BCUT2D eigenvalue weighted by Crippen LogP contribution is -2.57. The van der Waals surface area contributed by atoms with Crippen molar-refractivity contribution in [3.63, 3.8) is 0 Å². The van der Waals surface area contributed by atoms with Gasteiger partial charge in [-0.25, -0.2) is 14.6 Å². The van der Waals surface area contributed by atoms with Crippen LogP contribution in [0.25, 0.3) is 0 Å². The van der Waals surface area contributed by atoms with E-state index in [0.717, 1.165) is 49.2 Å². The van der Waals surface area contributed by atoms with Gasteiger partial charge in [-0.15, -0.1) is 0 Å². The van der Waals surface area contributed by atoms with E-state index in [2.05, 4.69) is 15.0 Å². The van der Waals surface area contributed by atoms with Crippen molar-refractivity contribution in [2.24, 2.45) is 7.05 Å². The third-order valence-electron chi connectivity index (χ3n) is 6.75. The lowest BCUT2D eigenvalue weighted by molar-refractivity contribution is -0.192. The molecule has 2 aliphatic rings. The Bertz CT molecular complexity index is 1110. The highest BCUT2D eigenvalue weighted by Gasteiger charge is 2.39. The van der Waals surface area contributed by atoms with E-state index in [1.807, 2.05) is 7.05 Å². The van der Waals surface area contributed by atoms with Gasteiger partial charge in [-0.05, 0) is 49.8 Å². The Morgan fingerprint density at radius 1 is 1.03 bits per heavy atom. The molecular weight excluding hydrogens is 538 g/mol. The Morgan fingerprint density at radius 3 is 2.08 bits per heavy atom. The Balaban J connectivity index is 0.000000532. The molecule has 4 rings (SSSR count). The van der Waals surface area contributed by atoms with Gasteiger partial charge in [0, 0.05) is 31.6 Å². The Kier molecular flexibility index (Phi) is 9.59. The second kappa shape index (κ2) is 12.3. The molecule has 216 valence electrons. The van der Waals surface area contributed by atoms with Gasteiger partial charge in [-0.3, -0.25) is 9.58 Å². The van der Waals surface area contributed by atoms with Gasteiger partial charge in [0.05, 0.1) is 12.2 Å². The number of carboxylic acid groups (broad SMARTS) is 2. The molecule has 2 heterocycles. The molecule has 2 aromatic rings. The van der Waals surface area contributed by atoms with Gasteiger partial charge in [-0.2, -0.15) is 31.4 Å². The topological polar surface area (TPSA) is 118 Å². The van der Waals surface area contributed by atoms with E-state index in [0.29, 0.717) is 6.42 Å². The fourth-order valence-corrected chi connectivity index (χ4v) is 4.80. The van der Waals surface area contributed by atoms with Gasteiger partial charge in [0.25, 0.3) is 0 Å². The zero-order chi connectivity index (χ0) is 29.0. The summed E-state index contributed by atoms with van der Waals surface area (Å²) in [6.45, 7) is 0.511. The van der Waals surface area contributed by atoms with Crippen molar-refractivity contribution in [3.8, 4) is 0 Å². The standard InChI is InChI=1S/C22H27F3N4O3.C2HF3O2/c1-28-13-26-20(27-28)15-4-8-17(9-5-15)29-11-19(21(30)31)32-12-18(29)10-14-2-6-16(7-3-14)22(23,24)25;3-2(4,5)1(6)7/h2-3,6-7,13,15,17-19H,4-5,8-12H2,1H3,(H,30,31);(H,6,7)/t15?,17?,18-,19+;/m0./s1. The van der Waals surface area contributed by atoms with E-state index in [-0.39, 0.29) is 31.2 Å². The van der Waals surface area contributed by atoms with Gasteiger partial charge >= 0.3 is 24.3 Å². The van der Waals surface area contributed by atoms with Crippen LogP contribution in [0.5, 0.6) is 0 Å². The highest BCUT2D eigenvalue weighted by molar-refractivity contribution is 5.73. The van der Waals surface area contributed by atoms with Crippen LogP contribution in [0.4, 0.5) is 26.3 Å². The number of halogens is 6. The minimum Gasteiger partial charge on any atom is -0.479 e. The van der Waals surface area contributed by atoms with Crippen LogP contribution in [0, 0.1) is 0 Å². The highest BCUT2D eigenvalue weighted by atomic mass is 19.4. The van der Waals surface area contributed by atoms with Crippen LogP contribution >= 0.6 is 0 Å². The predicted molar refractivity (Wildman–Crippen MR) is 123 cm³/mol. The molecule has 1 aromatic carbocycles. The van der Waals surface area contributed by atoms with Crippen molar-refractivity contribution >= 4 is 11.9 Å². The lowest BCUT2D eigenvalue weighted by Gasteiger charge is -2.45. The van der Waals surface area contributed by atoms with Crippen LogP contribution in [0.15, 0.2) is 30.6 Å². The summed E-state index contributed by atoms with van der Waals surface area (Å²) in [7, 11) is 1.84. The average Bonchev–Trinajstić information content (AvgIpc) is 3.30. The average molecular weight is 566 g/mol. The Labute approximate surface area is 219 Å². The van der Waals surface area contributed by atoms with Crippen molar-refractivity contribution < 1.29 is 50.9 Å². The van der Waals surface area contributed by atoms with Gasteiger partial charge in [0.1, 0.15) is 6.33 Å². The molecule has 1 saturated heterocycles. The van der Waals surface area contributed by atoms with Crippen LogP contribution in [0.1, 0.15) is 48.6 Å². The van der Waals surface area contributed by atoms with E-state index in [4.69, 9.17) is 14.6 Å². The van der Waals surface area contributed by atoms with Crippen molar-refractivity contribution in [1.29, 1.82) is 0 Å². The highest BCUT2D eigenvalue weighted by Crippen LogP contribution is 2.35. The maximum absolute atomic E-state index is 12.9. The first-order valence-corrected chi connectivity index (χ1v) is 12.1. The fourth-order valence-electron chi connectivity index (χ4n) is 4.80. The zero-order valence-corrected chi connectivity index (χ0v) is 20.8. The molecule has 0 amide bonds. The summed E-state index contributed by atoms with van der Waals surface area (Å²) >= 11 is 0. The Morgan fingerprint density at radius 2 is 1.62 bits per heavy atom. The molecule has 1 aromatic heterocycles. The zero-order valence-electron chi connectivity index (χ0n) is 20.8. The SMILES string of the molecule is Cn1cnc(C2CCC(N3C[C@H](C(=O)O)OC[C@@H]3Cc3ccc(C(F)(F)F)cc3)CC2)n1.O=C(O)C(F)(F)F. The molecule has 0 unspecified atom stereocenters. The number of alkyl halides is 6. The number of nitrogens with zero attached hydrogens (tertiary/aromatic N) is 4. The summed E-state index contributed by atoms with van der Waals surface area (Å²) in [5, 5.41) is 21.0. The molecule has 15 heteroatoms. The number of aryl methyl sites for hydroxylation is 1. The number of aromatic nitrogens is 3. The number of carboxylic acids is 2. The minimum atomic E-state index is -5.08. The first-order valence-electron chi connectivity index (χ1n) is 12.1. The molecule has 1 aliphatic heterocycles. The molecular formula is C24H28F6N4O5. The first-order chi connectivity index (χ1) is 18.1. The molecule has 2 N–H and O–H groups in total. The van der Waals surface area contributed by atoms with Crippen LogP contribution in [0.3, 0.4) is 0 Å². The first kappa shape index (κ1) is 30.3. The molecule has 39 heavy (non-hydrogen) atoms. The fraction of sp³-hybridized carbons (Fsp3) is 0.583. The number of rotatable bonds is 5. The Hall–Kier alpha value is -3.20. The second-order valence-electron chi connectivity index (χ2n) is 9.49. The largest absolute Gasteiger partial charge is 0.490 e. The van der Waals surface area contributed by atoms with Gasteiger partial charge < -0.3 is 14.9 Å². The van der Waals surface area contributed by atoms with Crippen LogP contribution in [0.2, 0.25) is 0 Å². The molecule has 2 fully saturated rings. The second-order valence-corrected chi connectivity index (χ2v) is 9.49. The normalized spacial score (nSPS) is 24.5. The molecule has 1 aliphatic carbocycles. The summed E-state index contributed by atoms with van der Waals surface area (Å²) < 4.78 is 77.6. The predicted octanol–water partition coefficient (Wildman–Crippen LogP) is 3.89. The lowest BCUT2D eigenvalue weighted by atomic mass is 9.83. The molecule has 0 radical (unpaired) electrons. The van der Waals surface area contributed by atoms with E-state index < -0.39 is 36.0 Å². The smallest absolute Gasteiger partial charge is 0.479 e. The van der Waals surface area contributed by atoms with Crippen molar-refractivity contribution in [2.45, 2.75) is 68.6 Å². The van der Waals surface area contributed by atoms with E-state index >= 15 is 0 Å². The van der Waals surface area contributed by atoms with Crippen molar-refractivity contribution in [2.75, 3.05) is 13.2 Å². The van der Waals surface area contributed by atoms with Gasteiger partial charge in [-0.1, -0.05) is 12.1 Å². The van der Waals surface area contributed by atoms with Crippen LogP contribution in [-0.4, -0.2) is 79.3 Å². The molecule has 1 saturated carbocycles. The third-order valence-corrected chi connectivity index (χ3v) is 6.75. The van der Waals surface area contributed by atoms with Crippen LogP contribution < -0.4 is 0 Å². The van der Waals surface area contributed by atoms with E-state index in [1.54, 1.807) is 11.0 Å². The number of aliphatic carboxylic acids is 2. The number of ether oxygens (including phenoxy) is 1. The summed E-state index contributed by atoms with van der Waals surface area (Å²) in [5.74, 6) is -2.61. The number of hydrogen-bond acceptors (Lipinski definition) is 6. The maximum atomic E-state index is 12.9. The number of hydrogen-bond donors (Lipinski definition) is 2. The number of carbonyl (C=O) groups is 2. The van der Waals surface area contributed by atoms with Crippen LogP contribution in [-0.2, 0) is 34.0 Å². The summed E-state index contributed by atoms with van der Waals surface area (Å²) in [5.41, 5.74) is 0.0992. The quantitative estimate of drug-likeness (QED) is 0.524. The maximum Gasteiger partial charge on any atom is 0.490 e. The van der Waals surface area contributed by atoms with E-state index in [9.17, 15) is 36.2 Å². The monoisotopic (exact) mass is 566 g/mol. The molecule has 9 nitrogen and oxygen atoms in total. The molecule has 0 spiro atoms. The summed E-state index contributed by atoms with van der Waals surface area (Å²) in [6, 6.07) is 5.28. The molecule has 0 bridgehead atoms. The number of morpholine rings is 1. The van der Waals surface area contributed by atoms with Gasteiger partial charge in [0.15, 0.2) is 11.9 Å². The number of benzene rings is 1. The summed E-state index contributed by atoms with van der Waals surface area (Å²) in [4.78, 5) is 27.0. The van der Waals surface area contributed by atoms with Crippen molar-refractivity contribution in [3.05, 3.63) is 47.5 Å². The third kappa shape index (κ3) is 8.39. The summed E-state index contributed by atoms with van der Waals surface area (Å²) in [6.07, 6.45) is -4.54. The molecule has 2 atom stereocenters. The van der Waals surface area contributed by atoms with Crippen molar-refractivity contribution in [1.82, 2.24) is 19.7 Å². The van der Waals surface area contributed by atoms with E-state index in [1.165, 1.54) is 12.1 Å². The minimum absolute atomic E-state index is 0.0862. The van der Waals surface area contributed by atoms with Gasteiger partial charge in [0.2, 0.25) is 0 Å².